The molecule has 1 N–H and O–H groups in total. The van der Waals surface area contributed by atoms with E-state index in [9.17, 15) is 0 Å². The molecular formula is C10H12N4. The molecule has 0 aliphatic heterocycles. The van der Waals surface area contributed by atoms with E-state index < -0.39 is 0 Å². The smallest absolute Gasteiger partial charge is 0.158 e. The Kier molecular flexibility index (Phi) is 2.18. The van der Waals surface area contributed by atoms with Crippen LogP contribution in [0.3, 0.4) is 0 Å². The normalized spacial score (nSPS) is 10.1. The Morgan fingerprint density at radius 3 is 2.86 bits per heavy atom. The largest absolute Gasteiger partial charge is 0.373 e. The zero-order valence-electron chi connectivity index (χ0n) is 8.23. The summed E-state index contributed by atoms with van der Waals surface area (Å²) in [5, 5.41) is 3.00. The van der Waals surface area contributed by atoms with Crippen LogP contribution in [0.2, 0.25) is 0 Å². The third kappa shape index (κ3) is 1.46. The van der Waals surface area contributed by atoms with Gasteiger partial charge < -0.3 is 9.88 Å². The molecule has 0 unspecified atom stereocenters. The highest BCUT2D eigenvalue weighted by molar-refractivity contribution is 5.53. The Balaban J connectivity index is 2.47. The molecule has 0 saturated carbocycles. The highest BCUT2D eigenvalue weighted by Gasteiger charge is 2.04. The van der Waals surface area contributed by atoms with Crippen LogP contribution < -0.4 is 5.32 Å². The van der Waals surface area contributed by atoms with E-state index in [1.54, 1.807) is 6.20 Å². The van der Waals surface area contributed by atoms with Crippen molar-refractivity contribution in [2.75, 3.05) is 12.4 Å². The molecule has 0 fully saturated rings. The summed E-state index contributed by atoms with van der Waals surface area (Å²) < 4.78 is 1.95. The van der Waals surface area contributed by atoms with Gasteiger partial charge in [0.05, 0.1) is 0 Å². The lowest BCUT2D eigenvalue weighted by Gasteiger charge is -2.03. The molecule has 4 nitrogen and oxygen atoms in total. The molecule has 0 bridgehead atoms. The summed E-state index contributed by atoms with van der Waals surface area (Å²) in [5.74, 6) is 1.73. The number of hydrogen-bond acceptors (Lipinski definition) is 3. The highest BCUT2D eigenvalue weighted by atomic mass is 15.1. The van der Waals surface area contributed by atoms with Crippen LogP contribution in [0.25, 0.3) is 11.5 Å². The first kappa shape index (κ1) is 8.74. The van der Waals surface area contributed by atoms with Crippen LogP contribution in [0.5, 0.6) is 0 Å². The minimum atomic E-state index is 0.852. The molecule has 0 aromatic carbocycles. The number of nitrogens with zero attached hydrogens (tertiary/aromatic N) is 3. The maximum atomic E-state index is 4.40. The van der Waals surface area contributed by atoms with Gasteiger partial charge in [0, 0.05) is 26.5 Å². The SMILES string of the molecule is CNc1cccc(-c2nccn2C)n1. The minimum Gasteiger partial charge on any atom is -0.373 e. The average Bonchev–Trinajstić information content (AvgIpc) is 2.65. The predicted octanol–water partition coefficient (Wildman–Crippen LogP) is 1.52. The van der Waals surface area contributed by atoms with Crippen LogP contribution in [0, 0.1) is 0 Å². The molecule has 2 aromatic heterocycles. The van der Waals surface area contributed by atoms with Crippen molar-refractivity contribution in [2.45, 2.75) is 0 Å². The van der Waals surface area contributed by atoms with Crippen molar-refractivity contribution >= 4 is 5.82 Å². The second-order valence-corrected chi connectivity index (χ2v) is 3.02. The first-order valence-electron chi connectivity index (χ1n) is 4.44. The first-order chi connectivity index (χ1) is 6.81. The number of rotatable bonds is 2. The fraction of sp³-hybridized carbons (Fsp3) is 0.200. The van der Waals surface area contributed by atoms with Crippen LogP contribution in [0.15, 0.2) is 30.6 Å². The first-order valence-corrected chi connectivity index (χ1v) is 4.44. The van der Waals surface area contributed by atoms with E-state index in [-0.39, 0.29) is 0 Å². The van der Waals surface area contributed by atoms with Gasteiger partial charge in [-0.25, -0.2) is 9.97 Å². The standard InChI is InChI=1S/C10H12N4/c1-11-9-5-3-4-8(13-9)10-12-6-7-14(10)2/h3-7H,1-2H3,(H,11,13). The van der Waals surface area contributed by atoms with Crippen LogP contribution >= 0.6 is 0 Å². The molecule has 0 saturated heterocycles. The fourth-order valence-electron chi connectivity index (χ4n) is 1.31. The van der Waals surface area contributed by atoms with Crippen molar-refractivity contribution in [3.63, 3.8) is 0 Å². The predicted molar refractivity (Wildman–Crippen MR) is 56.0 cm³/mol. The average molecular weight is 188 g/mol. The van der Waals surface area contributed by atoms with Gasteiger partial charge in [-0.15, -0.1) is 0 Å². The Morgan fingerprint density at radius 2 is 2.21 bits per heavy atom. The summed E-state index contributed by atoms with van der Waals surface area (Å²) in [6, 6.07) is 5.83. The molecular weight excluding hydrogens is 176 g/mol. The van der Waals surface area contributed by atoms with E-state index in [1.807, 2.05) is 43.1 Å². The van der Waals surface area contributed by atoms with Crippen molar-refractivity contribution in [3.8, 4) is 11.5 Å². The topological polar surface area (TPSA) is 42.7 Å². The van der Waals surface area contributed by atoms with E-state index in [4.69, 9.17) is 0 Å². The molecule has 72 valence electrons. The third-order valence-electron chi connectivity index (χ3n) is 2.06. The molecule has 2 heterocycles. The monoisotopic (exact) mass is 188 g/mol. The molecule has 0 atom stereocenters. The summed E-state index contributed by atoms with van der Waals surface area (Å²) in [6.07, 6.45) is 3.67. The van der Waals surface area contributed by atoms with Crippen molar-refractivity contribution in [1.82, 2.24) is 14.5 Å². The highest BCUT2D eigenvalue weighted by Crippen LogP contribution is 2.15. The number of imidazole rings is 1. The van der Waals surface area contributed by atoms with Gasteiger partial charge in [-0.1, -0.05) is 6.07 Å². The second-order valence-electron chi connectivity index (χ2n) is 3.02. The zero-order chi connectivity index (χ0) is 9.97. The maximum Gasteiger partial charge on any atom is 0.158 e. The van der Waals surface area contributed by atoms with Gasteiger partial charge >= 0.3 is 0 Å². The zero-order valence-corrected chi connectivity index (χ0v) is 8.23. The van der Waals surface area contributed by atoms with Crippen molar-refractivity contribution < 1.29 is 0 Å². The Bertz CT molecular complexity index is 433. The van der Waals surface area contributed by atoms with Gasteiger partial charge in [0.2, 0.25) is 0 Å². The van der Waals surface area contributed by atoms with Gasteiger partial charge in [-0.3, -0.25) is 0 Å². The summed E-state index contributed by atoms with van der Waals surface area (Å²) in [4.78, 5) is 8.63. The van der Waals surface area contributed by atoms with E-state index in [0.29, 0.717) is 0 Å². The van der Waals surface area contributed by atoms with E-state index in [0.717, 1.165) is 17.3 Å². The molecule has 0 spiro atoms. The van der Waals surface area contributed by atoms with Gasteiger partial charge in [-0.05, 0) is 12.1 Å². The molecule has 0 aliphatic rings. The van der Waals surface area contributed by atoms with Gasteiger partial charge in [0.15, 0.2) is 5.82 Å². The number of nitrogens with one attached hydrogen (secondary N) is 1. The van der Waals surface area contributed by atoms with Crippen LogP contribution in [-0.2, 0) is 7.05 Å². The molecule has 0 aliphatic carbocycles. The minimum absolute atomic E-state index is 0.852. The van der Waals surface area contributed by atoms with Crippen LogP contribution in [0.1, 0.15) is 0 Å². The summed E-state index contributed by atoms with van der Waals surface area (Å²) in [6.45, 7) is 0. The number of aromatic nitrogens is 3. The number of pyridine rings is 1. The van der Waals surface area contributed by atoms with E-state index in [1.165, 1.54) is 0 Å². The van der Waals surface area contributed by atoms with Crippen molar-refractivity contribution in [1.29, 1.82) is 0 Å². The Labute approximate surface area is 82.6 Å². The fourth-order valence-corrected chi connectivity index (χ4v) is 1.31. The quantitative estimate of drug-likeness (QED) is 0.777. The second kappa shape index (κ2) is 3.49. The van der Waals surface area contributed by atoms with Crippen molar-refractivity contribution in [2.24, 2.45) is 7.05 Å². The molecule has 0 radical (unpaired) electrons. The summed E-state index contributed by atoms with van der Waals surface area (Å²) in [7, 11) is 3.81. The third-order valence-corrected chi connectivity index (χ3v) is 2.06. The van der Waals surface area contributed by atoms with Crippen LogP contribution in [0.4, 0.5) is 5.82 Å². The lowest BCUT2D eigenvalue weighted by molar-refractivity contribution is 0.918. The van der Waals surface area contributed by atoms with E-state index >= 15 is 0 Å². The number of hydrogen-bond donors (Lipinski definition) is 1. The number of anilines is 1. The number of aryl methyl sites for hydroxylation is 1. The van der Waals surface area contributed by atoms with Gasteiger partial charge in [0.25, 0.3) is 0 Å². The molecule has 4 heteroatoms. The van der Waals surface area contributed by atoms with Gasteiger partial charge in [0.1, 0.15) is 11.5 Å². The lowest BCUT2D eigenvalue weighted by Crippen LogP contribution is -1.97. The maximum absolute atomic E-state index is 4.40. The summed E-state index contributed by atoms with van der Waals surface area (Å²) >= 11 is 0. The van der Waals surface area contributed by atoms with Crippen molar-refractivity contribution in [3.05, 3.63) is 30.6 Å². The Hall–Kier alpha value is -1.84. The molecule has 14 heavy (non-hydrogen) atoms. The molecule has 2 rings (SSSR count). The molecule has 0 amide bonds. The van der Waals surface area contributed by atoms with E-state index in [2.05, 4.69) is 15.3 Å². The Morgan fingerprint density at radius 1 is 1.36 bits per heavy atom. The molecule has 2 aromatic rings. The van der Waals surface area contributed by atoms with Gasteiger partial charge in [-0.2, -0.15) is 0 Å². The summed E-state index contributed by atoms with van der Waals surface area (Å²) in [5.41, 5.74) is 0.879. The van der Waals surface area contributed by atoms with Crippen LogP contribution in [-0.4, -0.2) is 21.6 Å². The lowest BCUT2D eigenvalue weighted by atomic mass is 10.3.